The summed E-state index contributed by atoms with van der Waals surface area (Å²) in [5.41, 5.74) is 0.450. The second-order valence-corrected chi connectivity index (χ2v) is 6.40. The average Bonchev–Trinajstić information content (AvgIpc) is 2.81. The van der Waals surface area contributed by atoms with Crippen molar-refractivity contribution in [2.24, 2.45) is 0 Å². The molecule has 2 rings (SSSR count). The van der Waals surface area contributed by atoms with Gasteiger partial charge in [0.15, 0.2) is 0 Å². The minimum absolute atomic E-state index is 0.143. The van der Waals surface area contributed by atoms with E-state index in [1.807, 2.05) is 0 Å². The predicted octanol–water partition coefficient (Wildman–Crippen LogP) is -0.436. The molecular weight excluding hydrogens is 256 g/mol. The summed E-state index contributed by atoms with van der Waals surface area (Å²) in [6, 6.07) is -0.143. The molecule has 0 aromatic carbocycles. The number of amides is 1. The van der Waals surface area contributed by atoms with Crippen molar-refractivity contribution in [1.29, 1.82) is 0 Å². The fourth-order valence-electron chi connectivity index (χ4n) is 2.01. The van der Waals surface area contributed by atoms with Gasteiger partial charge in [0.2, 0.25) is 10.0 Å². The zero-order chi connectivity index (χ0) is 13.2. The fourth-order valence-corrected chi connectivity index (χ4v) is 2.92. The molecule has 0 bridgehead atoms. The van der Waals surface area contributed by atoms with Crippen LogP contribution in [0.2, 0.25) is 0 Å². The van der Waals surface area contributed by atoms with Crippen molar-refractivity contribution in [3.63, 3.8) is 0 Å². The molecule has 1 aromatic rings. The van der Waals surface area contributed by atoms with E-state index in [9.17, 15) is 13.2 Å². The summed E-state index contributed by atoms with van der Waals surface area (Å²) in [6.45, 7) is 0.860. The Morgan fingerprint density at radius 2 is 2.39 bits per heavy atom. The number of aromatic amines is 1. The number of aromatic nitrogens is 2. The number of rotatable bonds is 3. The lowest BCUT2D eigenvalue weighted by Gasteiger charge is -2.31. The summed E-state index contributed by atoms with van der Waals surface area (Å²) < 4.78 is 24.3. The van der Waals surface area contributed by atoms with Gasteiger partial charge in [-0.25, -0.2) is 12.7 Å². The summed E-state index contributed by atoms with van der Waals surface area (Å²) in [6.07, 6.45) is 5.67. The van der Waals surface area contributed by atoms with E-state index in [0.29, 0.717) is 18.7 Å². The van der Waals surface area contributed by atoms with Crippen molar-refractivity contribution < 1.29 is 13.2 Å². The third-order valence-electron chi connectivity index (χ3n) is 2.95. The van der Waals surface area contributed by atoms with Gasteiger partial charge in [-0.15, -0.1) is 0 Å². The predicted molar refractivity (Wildman–Crippen MR) is 65.5 cm³/mol. The highest BCUT2D eigenvalue weighted by Gasteiger charge is 2.27. The van der Waals surface area contributed by atoms with Crippen LogP contribution in [0.15, 0.2) is 12.4 Å². The van der Waals surface area contributed by atoms with Crippen LogP contribution in [0.4, 0.5) is 0 Å². The van der Waals surface area contributed by atoms with Crippen LogP contribution in [-0.4, -0.2) is 54.2 Å². The largest absolute Gasteiger partial charge is 0.348 e. The molecule has 1 aromatic heterocycles. The van der Waals surface area contributed by atoms with Gasteiger partial charge in [0.1, 0.15) is 0 Å². The standard InChI is InChI=1S/C10H16N4O3S/c1-18(16,17)14-4-2-3-9(7-14)13-10(15)8-5-11-12-6-8/h5-6,9H,2-4,7H2,1H3,(H,11,12)(H,13,15). The number of nitrogens with zero attached hydrogens (tertiary/aromatic N) is 2. The van der Waals surface area contributed by atoms with Crippen LogP contribution in [0.25, 0.3) is 0 Å². The van der Waals surface area contributed by atoms with Crippen LogP contribution in [0.5, 0.6) is 0 Å². The minimum Gasteiger partial charge on any atom is -0.348 e. The highest BCUT2D eigenvalue weighted by Crippen LogP contribution is 2.13. The lowest BCUT2D eigenvalue weighted by molar-refractivity contribution is 0.0921. The van der Waals surface area contributed by atoms with Gasteiger partial charge < -0.3 is 5.32 Å². The summed E-state index contributed by atoms with van der Waals surface area (Å²) in [5.74, 6) is -0.232. The number of H-pyrrole nitrogens is 1. The molecule has 0 spiro atoms. The van der Waals surface area contributed by atoms with Crippen molar-refractivity contribution in [3.05, 3.63) is 18.0 Å². The quantitative estimate of drug-likeness (QED) is 0.780. The van der Waals surface area contributed by atoms with Crippen LogP contribution in [0.3, 0.4) is 0 Å². The minimum atomic E-state index is -3.18. The third kappa shape index (κ3) is 3.08. The average molecular weight is 272 g/mol. The Labute approximate surface area is 106 Å². The third-order valence-corrected chi connectivity index (χ3v) is 4.22. The van der Waals surface area contributed by atoms with E-state index in [4.69, 9.17) is 0 Å². The molecular formula is C10H16N4O3S. The molecule has 1 saturated heterocycles. The number of piperidine rings is 1. The number of hydrogen-bond acceptors (Lipinski definition) is 4. The smallest absolute Gasteiger partial charge is 0.254 e. The van der Waals surface area contributed by atoms with Crippen LogP contribution >= 0.6 is 0 Å². The zero-order valence-electron chi connectivity index (χ0n) is 10.1. The van der Waals surface area contributed by atoms with Crippen molar-refractivity contribution in [2.45, 2.75) is 18.9 Å². The first-order valence-corrected chi connectivity index (χ1v) is 7.56. The SMILES string of the molecule is CS(=O)(=O)N1CCCC(NC(=O)c2cn[nH]c2)C1. The fraction of sp³-hybridized carbons (Fsp3) is 0.600. The molecule has 0 radical (unpaired) electrons. The number of hydrogen-bond donors (Lipinski definition) is 2. The Bertz CT molecular complexity index is 511. The Morgan fingerprint density at radius 1 is 1.61 bits per heavy atom. The van der Waals surface area contributed by atoms with Crippen molar-refractivity contribution in [2.75, 3.05) is 19.3 Å². The second kappa shape index (κ2) is 5.07. The maximum Gasteiger partial charge on any atom is 0.254 e. The molecule has 1 unspecified atom stereocenters. The first kappa shape index (κ1) is 13.0. The van der Waals surface area contributed by atoms with E-state index in [-0.39, 0.29) is 11.9 Å². The Balaban J connectivity index is 1.96. The number of sulfonamides is 1. The number of carbonyl (C=O) groups excluding carboxylic acids is 1. The van der Waals surface area contributed by atoms with Crippen LogP contribution in [-0.2, 0) is 10.0 Å². The van der Waals surface area contributed by atoms with Gasteiger partial charge in [-0.3, -0.25) is 9.89 Å². The highest BCUT2D eigenvalue weighted by atomic mass is 32.2. The lowest BCUT2D eigenvalue weighted by atomic mass is 10.1. The molecule has 2 heterocycles. The van der Waals surface area contributed by atoms with E-state index in [0.717, 1.165) is 12.8 Å². The Morgan fingerprint density at radius 3 is 3.00 bits per heavy atom. The van der Waals surface area contributed by atoms with Crippen LogP contribution in [0, 0.1) is 0 Å². The molecule has 1 fully saturated rings. The zero-order valence-corrected chi connectivity index (χ0v) is 10.9. The van der Waals surface area contributed by atoms with Gasteiger partial charge in [-0.05, 0) is 12.8 Å². The maximum atomic E-state index is 11.8. The highest BCUT2D eigenvalue weighted by molar-refractivity contribution is 7.88. The summed E-state index contributed by atoms with van der Waals surface area (Å²) in [7, 11) is -3.18. The second-order valence-electron chi connectivity index (χ2n) is 4.42. The molecule has 0 saturated carbocycles. The summed E-state index contributed by atoms with van der Waals surface area (Å²) in [4.78, 5) is 11.8. The van der Waals surface area contributed by atoms with Gasteiger partial charge in [-0.2, -0.15) is 5.10 Å². The molecule has 1 aliphatic rings. The van der Waals surface area contributed by atoms with E-state index < -0.39 is 10.0 Å². The van der Waals surface area contributed by atoms with Gasteiger partial charge in [-0.1, -0.05) is 0 Å². The van der Waals surface area contributed by atoms with E-state index in [1.165, 1.54) is 23.0 Å². The van der Waals surface area contributed by atoms with E-state index >= 15 is 0 Å². The molecule has 100 valence electrons. The van der Waals surface area contributed by atoms with Gasteiger partial charge in [0.05, 0.1) is 18.0 Å². The lowest BCUT2D eigenvalue weighted by Crippen LogP contribution is -2.49. The molecule has 1 atom stereocenters. The van der Waals surface area contributed by atoms with Gasteiger partial charge >= 0.3 is 0 Å². The number of nitrogens with one attached hydrogen (secondary N) is 2. The normalized spacial score (nSPS) is 21.7. The van der Waals surface area contributed by atoms with Crippen LogP contribution < -0.4 is 5.32 Å². The maximum absolute atomic E-state index is 11.8. The van der Waals surface area contributed by atoms with Crippen molar-refractivity contribution in [1.82, 2.24) is 19.8 Å². The van der Waals surface area contributed by atoms with Crippen molar-refractivity contribution in [3.8, 4) is 0 Å². The summed E-state index contributed by atoms with van der Waals surface area (Å²) >= 11 is 0. The first-order chi connectivity index (χ1) is 8.47. The van der Waals surface area contributed by atoms with Crippen molar-refractivity contribution >= 4 is 15.9 Å². The summed E-state index contributed by atoms with van der Waals surface area (Å²) in [5, 5.41) is 9.08. The monoisotopic (exact) mass is 272 g/mol. The Kier molecular flexibility index (Phi) is 3.67. The molecule has 1 aliphatic heterocycles. The van der Waals surface area contributed by atoms with E-state index in [1.54, 1.807) is 0 Å². The Hall–Kier alpha value is -1.41. The van der Waals surface area contributed by atoms with Crippen LogP contribution in [0.1, 0.15) is 23.2 Å². The first-order valence-electron chi connectivity index (χ1n) is 5.71. The molecule has 18 heavy (non-hydrogen) atoms. The van der Waals surface area contributed by atoms with Gasteiger partial charge in [0.25, 0.3) is 5.91 Å². The topological polar surface area (TPSA) is 95.2 Å². The molecule has 1 amide bonds. The molecule has 8 heteroatoms. The van der Waals surface area contributed by atoms with Gasteiger partial charge in [0, 0.05) is 25.3 Å². The van der Waals surface area contributed by atoms with E-state index in [2.05, 4.69) is 15.5 Å². The molecule has 0 aliphatic carbocycles. The molecule has 7 nitrogen and oxygen atoms in total. The molecule has 2 N–H and O–H groups in total. The number of carbonyl (C=O) groups is 1.